The van der Waals surface area contributed by atoms with E-state index < -0.39 is 10.9 Å². The number of nitrogen functional groups attached to an aromatic ring is 1. The van der Waals surface area contributed by atoms with Gasteiger partial charge in [-0.15, -0.1) is 0 Å². The first-order valence-electron chi connectivity index (χ1n) is 16.3. The molecule has 0 amide bonds. The minimum atomic E-state index is -0.491. The number of pyridine rings is 2. The summed E-state index contributed by atoms with van der Waals surface area (Å²) in [5.41, 5.74) is 12.6. The van der Waals surface area contributed by atoms with E-state index in [1.54, 1.807) is 6.20 Å². The van der Waals surface area contributed by atoms with Gasteiger partial charge in [0, 0.05) is 44.6 Å². The number of imidazole rings is 1. The summed E-state index contributed by atoms with van der Waals surface area (Å²) in [6.45, 7) is 10.7. The maximum Gasteiger partial charge on any atom is 0.272 e. The normalized spacial score (nSPS) is 16.8. The van der Waals surface area contributed by atoms with E-state index in [4.69, 9.17) is 20.4 Å². The summed E-state index contributed by atoms with van der Waals surface area (Å²) in [6.07, 6.45) is 9.81. The molecule has 0 aliphatic carbocycles. The van der Waals surface area contributed by atoms with Gasteiger partial charge in [0.2, 0.25) is 0 Å². The molecule has 0 bridgehead atoms. The number of nitrogens with two attached hydrogens (primary N) is 1. The molecule has 2 aliphatic heterocycles. The summed E-state index contributed by atoms with van der Waals surface area (Å²) in [5.74, 6) is 1.36. The van der Waals surface area contributed by atoms with Crippen molar-refractivity contribution < 1.29 is 4.74 Å². The van der Waals surface area contributed by atoms with Gasteiger partial charge < -0.3 is 15.4 Å². The lowest BCUT2D eigenvalue weighted by atomic mass is 9.71. The number of rotatable bonds is 9. The Balaban J connectivity index is 1.09. The third-order valence-electron chi connectivity index (χ3n) is 9.53. The van der Waals surface area contributed by atoms with Crippen LogP contribution in [0.5, 0.6) is 5.75 Å². The zero-order valence-electron chi connectivity index (χ0n) is 27.1. The van der Waals surface area contributed by atoms with Crippen LogP contribution >= 0.6 is 0 Å². The highest BCUT2D eigenvalue weighted by atomic mass is 16.5. The second kappa shape index (κ2) is 12.3. The molecule has 5 aromatic rings. The number of piperidine rings is 1. The van der Waals surface area contributed by atoms with Crippen molar-refractivity contribution >= 4 is 28.2 Å². The minimum Gasteiger partial charge on any atom is -0.488 e. The van der Waals surface area contributed by atoms with Gasteiger partial charge in [-0.2, -0.15) is 0 Å². The molecule has 5 heterocycles. The van der Waals surface area contributed by atoms with E-state index in [0.29, 0.717) is 23.9 Å². The predicted octanol–water partition coefficient (Wildman–Crippen LogP) is 5.14. The largest absolute Gasteiger partial charge is 0.488 e. The van der Waals surface area contributed by atoms with E-state index in [2.05, 4.69) is 50.9 Å². The van der Waals surface area contributed by atoms with Crippen molar-refractivity contribution in [2.45, 2.75) is 40.2 Å². The van der Waals surface area contributed by atoms with E-state index in [1.165, 1.54) is 5.56 Å². The summed E-state index contributed by atoms with van der Waals surface area (Å²) in [5, 5.41) is 0. The zero-order chi connectivity index (χ0) is 32.7. The van der Waals surface area contributed by atoms with Crippen LogP contribution in [0.2, 0.25) is 0 Å². The number of aromatic nitrogens is 4. The van der Waals surface area contributed by atoms with Gasteiger partial charge >= 0.3 is 0 Å². The second-order valence-electron chi connectivity index (χ2n) is 12.6. The van der Waals surface area contributed by atoms with Gasteiger partial charge in [-0.25, -0.2) is 15.0 Å². The smallest absolute Gasteiger partial charge is 0.272 e. The van der Waals surface area contributed by atoms with Gasteiger partial charge in [0.1, 0.15) is 17.0 Å². The molecule has 10 heteroatoms. The maximum atomic E-state index is 12.2. The summed E-state index contributed by atoms with van der Waals surface area (Å²) >= 11 is 0. The van der Waals surface area contributed by atoms with Crippen molar-refractivity contribution in [2.24, 2.45) is 5.41 Å². The SMILES string of the molecule is C/C=C\C(=C/C)c1ccc2nc(-c3cccnc3N)n(-c3ccc(CN4CC5(CCN(c6c(OCC)c(=O)c6=O)CC5)C4)cc3)c2n1. The molecule has 0 unspecified atom stereocenters. The van der Waals surface area contributed by atoms with Crippen LogP contribution in [0, 0.1) is 5.41 Å². The summed E-state index contributed by atoms with van der Waals surface area (Å²) in [6, 6.07) is 16.4. The van der Waals surface area contributed by atoms with Crippen molar-refractivity contribution in [2.75, 3.05) is 43.4 Å². The fraction of sp³-hybridized carbons (Fsp3) is 0.324. The summed E-state index contributed by atoms with van der Waals surface area (Å²) < 4.78 is 7.52. The first-order valence-corrected chi connectivity index (χ1v) is 16.3. The summed E-state index contributed by atoms with van der Waals surface area (Å²) in [7, 11) is 0. The van der Waals surface area contributed by atoms with Crippen molar-refractivity contribution in [1.29, 1.82) is 0 Å². The summed E-state index contributed by atoms with van der Waals surface area (Å²) in [4.78, 5) is 43.1. The van der Waals surface area contributed by atoms with Gasteiger partial charge in [0.05, 0.1) is 17.9 Å². The van der Waals surface area contributed by atoms with Crippen molar-refractivity contribution in [3.05, 3.63) is 105 Å². The van der Waals surface area contributed by atoms with Crippen LogP contribution in [0.1, 0.15) is 44.9 Å². The molecule has 3 aromatic heterocycles. The quantitative estimate of drug-likeness (QED) is 0.175. The highest BCUT2D eigenvalue weighted by Gasteiger charge is 2.45. The molecule has 0 atom stereocenters. The van der Waals surface area contributed by atoms with E-state index >= 15 is 0 Å². The number of likely N-dealkylation sites (tertiary alicyclic amines) is 1. The van der Waals surface area contributed by atoms with Crippen molar-refractivity contribution in [1.82, 2.24) is 24.4 Å². The Morgan fingerprint density at radius 3 is 2.45 bits per heavy atom. The van der Waals surface area contributed by atoms with E-state index in [0.717, 1.165) is 79.2 Å². The molecule has 1 spiro atoms. The Kier molecular flexibility index (Phi) is 7.97. The minimum absolute atomic E-state index is 0.249. The van der Waals surface area contributed by atoms with Crippen LogP contribution in [0.25, 0.3) is 33.8 Å². The fourth-order valence-corrected chi connectivity index (χ4v) is 7.13. The number of hydrogen-bond donors (Lipinski definition) is 1. The van der Waals surface area contributed by atoms with Crippen LogP contribution in [-0.4, -0.2) is 57.2 Å². The predicted molar refractivity (Wildman–Crippen MR) is 187 cm³/mol. The molecular weight excluding hydrogens is 590 g/mol. The number of anilines is 2. The highest BCUT2D eigenvalue weighted by Crippen LogP contribution is 2.42. The standard InChI is InChI=1S/C37H39N7O3/c1-4-8-25(5-2)28-14-15-29-36(40-28)44(35(41-29)27-9-7-18-39-34(27)38)26-12-10-24(11-13-26)21-42-22-37(23-42)16-19-43(20-17-37)30-31(45)32(46)33(30)47-6-3/h4-5,7-15,18H,6,16-17,19-23H2,1-3H3,(H2,38,39)/b8-4-,25-5+. The molecule has 0 saturated carbocycles. The van der Waals surface area contributed by atoms with Gasteiger partial charge in [-0.1, -0.05) is 30.4 Å². The molecule has 2 saturated heterocycles. The topological polar surface area (TPSA) is 119 Å². The van der Waals surface area contributed by atoms with Crippen molar-refractivity contribution in [3.63, 3.8) is 0 Å². The van der Waals surface area contributed by atoms with Crippen LogP contribution in [0.4, 0.5) is 11.5 Å². The number of allylic oxidation sites excluding steroid dienone is 4. The number of hydrogen-bond acceptors (Lipinski definition) is 9. The molecule has 7 rings (SSSR count). The van der Waals surface area contributed by atoms with Gasteiger partial charge in [-0.05, 0) is 86.6 Å². The molecule has 2 aliphatic rings. The van der Waals surface area contributed by atoms with E-state index in [-0.39, 0.29) is 11.2 Å². The number of nitrogens with zero attached hydrogens (tertiary/aromatic N) is 6. The lowest BCUT2D eigenvalue weighted by Gasteiger charge is -2.54. The van der Waals surface area contributed by atoms with Gasteiger partial charge in [0.25, 0.3) is 10.9 Å². The first kappa shape index (κ1) is 30.6. The maximum absolute atomic E-state index is 12.2. The Hall–Kier alpha value is -5.09. The third kappa shape index (κ3) is 5.42. The number of ether oxygens (including phenoxy) is 1. The number of benzene rings is 1. The molecule has 2 aromatic carbocycles. The van der Waals surface area contributed by atoms with Crippen LogP contribution < -0.4 is 26.2 Å². The molecule has 2 N–H and O–H groups in total. The molecule has 47 heavy (non-hydrogen) atoms. The Bertz CT molecular complexity index is 2070. The molecule has 10 nitrogen and oxygen atoms in total. The zero-order valence-corrected chi connectivity index (χ0v) is 27.1. The first-order chi connectivity index (χ1) is 22.8. The second-order valence-corrected chi connectivity index (χ2v) is 12.6. The Morgan fingerprint density at radius 2 is 1.77 bits per heavy atom. The fourth-order valence-electron chi connectivity index (χ4n) is 7.13. The van der Waals surface area contributed by atoms with Crippen LogP contribution in [0.3, 0.4) is 0 Å². The van der Waals surface area contributed by atoms with Gasteiger partial charge in [-0.3, -0.25) is 19.1 Å². The average Bonchev–Trinajstić information content (AvgIpc) is 3.46. The average molecular weight is 630 g/mol. The Labute approximate surface area is 273 Å². The van der Waals surface area contributed by atoms with Crippen LogP contribution in [-0.2, 0) is 6.54 Å². The van der Waals surface area contributed by atoms with E-state index in [1.807, 2.05) is 56.0 Å². The lowest BCUT2D eigenvalue weighted by molar-refractivity contribution is -0.0241. The number of fused-ring (bicyclic) bond motifs is 1. The molecule has 0 radical (unpaired) electrons. The van der Waals surface area contributed by atoms with E-state index in [9.17, 15) is 9.59 Å². The Morgan fingerprint density at radius 1 is 1.00 bits per heavy atom. The third-order valence-corrected chi connectivity index (χ3v) is 9.53. The molecule has 2 fully saturated rings. The monoisotopic (exact) mass is 629 g/mol. The van der Waals surface area contributed by atoms with Gasteiger partial charge in [0.15, 0.2) is 17.2 Å². The van der Waals surface area contributed by atoms with Crippen molar-refractivity contribution in [3.8, 4) is 22.8 Å². The molecule has 240 valence electrons. The lowest BCUT2D eigenvalue weighted by Crippen LogP contribution is -2.60. The molecular formula is C37H39N7O3. The highest BCUT2D eigenvalue weighted by molar-refractivity contribution is 5.85. The van der Waals surface area contributed by atoms with Crippen LogP contribution in [0.15, 0.2) is 82.5 Å².